The standard InChI is InChI=1S/C26H31FN2O3/c1-16(2)15-28-25(30)17(3)32-22-11-8-18-12-13-29(26(31)20-4-5-20)24(23(18)14-22)19-6-9-21(27)10-7-19/h6-11,14,16-17,20,24H,4-5,12-13,15H2,1-3H3,(H,28,30). The molecule has 1 N–H and O–H groups in total. The van der Waals surface area contributed by atoms with Crippen LogP contribution in [0, 0.1) is 17.7 Å². The van der Waals surface area contributed by atoms with Crippen molar-refractivity contribution in [3.63, 3.8) is 0 Å². The number of hydrogen-bond acceptors (Lipinski definition) is 3. The maximum Gasteiger partial charge on any atom is 0.260 e. The van der Waals surface area contributed by atoms with Gasteiger partial charge in [0.05, 0.1) is 6.04 Å². The van der Waals surface area contributed by atoms with Crippen LogP contribution in [0.25, 0.3) is 0 Å². The molecule has 0 spiro atoms. The van der Waals surface area contributed by atoms with E-state index in [-0.39, 0.29) is 29.6 Å². The molecule has 32 heavy (non-hydrogen) atoms. The van der Waals surface area contributed by atoms with Crippen molar-refractivity contribution in [1.29, 1.82) is 0 Å². The van der Waals surface area contributed by atoms with Crippen molar-refractivity contribution in [2.45, 2.75) is 52.2 Å². The lowest BCUT2D eigenvalue weighted by Crippen LogP contribution is -2.41. The molecule has 0 radical (unpaired) electrons. The average molecular weight is 439 g/mol. The third-order valence-electron chi connectivity index (χ3n) is 6.11. The maximum atomic E-state index is 13.6. The summed E-state index contributed by atoms with van der Waals surface area (Å²) in [4.78, 5) is 27.4. The van der Waals surface area contributed by atoms with Crippen LogP contribution in [-0.4, -0.2) is 35.9 Å². The largest absolute Gasteiger partial charge is 0.481 e. The number of amides is 2. The number of hydrogen-bond donors (Lipinski definition) is 1. The molecule has 2 amide bonds. The SMILES string of the molecule is CC(C)CNC(=O)C(C)Oc1ccc2c(c1)C(c1ccc(F)cc1)N(C(=O)C1CC1)CC2. The van der Waals surface area contributed by atoms with Crippen LogP contribution in [0.2, 0.25) is 0 Å². The van der Waals surface area contributed by atoms with E-state index in [4.69, 9.17) is 4.74 Å². The number of benzene rings is 2. The molecule has 0 bridgehead atoms. The Bertz CT molecular complexity index is 985. The van der Waals surface area contributed by atoms with Gasteiger partial charge in [0.15, 0.2) is 6.10 Å². The van der Waals surface area contributed by atoms with Crippen LogP contribution in [0.4, 0.5) is 4.39 Å². The maximum absolute atomic E-state index is 13.6. The number of carbonyl (C=O) groups excluding carboxylic acids is 2. The highest BCUT2D eigenvalue weighted by molar-refractivity contribution is 5.82. The third kappa shape index (κ3) is 4.95. The van der Waals surface area contributed by atoms with Gasteiger partial charge >= 0.3 is 0 Å². The summed E-state index contributed by atoms with van der Waals surface area (Å²) in [6.07, 6.45) is 1.99. The zero-order valence-corrected chi connectivity index (χ0v) is 18.9. The van der Waals surface area contributed by atoms with Crippen molar-refractivity contribution in [1.82, 2.24) is 10.2 Å². The van der Waals surface area contributed by atoms with E-state index in [0.717, 1.165) is 36.0 Å². The van der Waals surface area contributed by atoms with Gasteiger partial charge in [-0.05, 0) is 73.1 Å². The molecule has 5 nitrogen and oxygen atoms in total. The molecular formula is C26H31FN2O3. The van der Waals surface area contributed by atoms with Gasteiger partial charge in [0, 0.05) is 19.0 Å². The Hall–Kier alpha value is -2.89. The van der Waals surface area contributed by atoms with Crippen molar-refractivity contribution < 1.29 is 18.7 Å². The third-order valence-corrected chi connectivity index (χ3v) is 6.11. The fraction of sp³-hybridized carbons (Fsp3) is 0.462. The monoisotopic (exact) mass is 438 g/mol. The van der Waals surface area contributed by atoms with E-state index in [0.29, 0.717) is 24.8 Å². The van der Waals surface area contributed by atoms with Crippen LogP contribution in [-0.2, 0) is 16.0 Å². The summed E-state index contributed by atoms with van der Waals surface area (Å²) in [6.45, 7) is 7.05. The molecule has 6 heteroatoms. The predicted octanol–water partition coefficient (Wildman–Crippen LogP) is 4.25. The quantitative estimate of drug-likeness (QED) is 0.703. The molecule has 0 saturated heterocycles. The minimum Gasteiger partial charge on any atom is -0.481 e. The summed E-state index contributed by atoms with van der Waals surface area (Å²) >= 11 is 0. The summed E-state index contributed by atoms with van der Waals surface area (Å²) in [6, 6.07) is 11.9. The first-order valence-corrected chi connectivity index (χ1v) is 11.5. The first-order valence-electron chi connectivity index (χ1n) is 11.5. The van der Waals surface area contributed by atoms with Gasteiger partial charge in [0.2, 0.25) is 5.91 Å². The summed E-state index contributed by atoms with van der Waals surface area (Å²) < 4.78 is 19.6. The van der Waals surface area contributed by atoms with Gasteiger partial charge in [0.25, 0.3) is 5.91 Å². The van der Waals surface area contributed by atoms with Crippen LogP contribution in [0.3, 0.4) is 0 Å². The first kappa shape index (κ1) is 22.3. The Labute approximate surface area is 188 Å². The molecule has 0 aromatic heterocycles. The summed E-state index contributed by atoms with van der Waals surface area (Å²) in [5.41, 5.74) is 2.99. The van der Waals surface area contributed by atoms with E-state index >= 15 is 0 Å². The highest BCUT2D eigenvalue weighted by Gasteiger charge is 2.39. The van der Waals surface area contributed by atoms with Crippen molar-refractivity contribution >= 4 is 11.8 Å². The highest BCUT2D eigenvalue weighted by Crippen LogP contribution is 2.41. The molecule has 2 aromatic carbocycles. The Balaban J connectivity index is 1.62. The van der Waals surface area contributed by atoms with Crippen LogP contribution in [0.1, 0.15) is 56.3 Å². The van der Waals surface area contributed by atoms with Gasteiger partial charge in [-0.15, -0.1) is 0 Å². The number of fused-ring (bicyclic) bond motifs is 1. The van der Waals surface area contributed by atoms with Crippen LogP contribution >= 0.6 is 0 Å². The second-order valence-corrected chi connectivity index (χ2v) is 9.27. The van der Waals surface area contributed by atoms with Crippen molar-refractivity contribution in [3.8, 4) is 5.75 Å². The molecule has 1 heterocycles. The van der Waals surface area contributed by atoms with Gasteiger partial charge in [0.1, 0.15) is 11.6 Å². The van der Waals surface area contributed by atoms with E-state index in [1.807, 2.05) is 36.9 Å². The second-order valence-electron chi connectivity index (χ2n) is 9.27. The lowest BCUT2D eigenvalue weighted by molar-refractivity contribution is -0.134. The van der Waals surface area contributed by atoms with Crippen LogP contribution in [0.15, 0.2) is 42.5 Å². The number of rotatable bonds is 7. The number of halogens is 1. The van der Waals surface area contributed by atoms with E-state index in [2.05, 4.69) is 5.32 Å². The van der Waals surface area contributed by atoms with E-state index in [1.54, 1.807) is 19.1 Å². The lowest BCUT2D eigenvalue weighted by Gasteiger charge is -2.38. The van der Waals surface area contributed by atoms with E-state index in [1.165, 1.54) is 12.1 Å². The van der Waals surface area contributed by atoms with Crippen LogP contribution < -0.4 is 10.1 Å². The highest BCUT2D eigenvalue weighted by atomic mass is 19.1. The molecule has 2 unspecified atom stereocenters. The summed E-state index contributed by atoms with van der Waals surface area (Å²) in [5.74, 6) is 0.756. The molecule has 2 aliphatic rings. The van der Waals surface area contributed by atoms with Crippen LogP contribution in [0.5, 0.6) is 5.75 Å². The minimum atomic E-state index is -0.635. The van der Waals surface area contributed by atoms with Gasteiger partial charge in [-0.3, -0.25) is 9.59 Å². The molecule has 1 saturated carbocycles. The fourth-order valence-electron chi connectivity index (χ4n) is 4.18. The topological polar surface area (TPSA) is 58.6 Å². The zero-order valence-electron chi connectivity index (χ0n) is 18.9. The smallest absolute Gasteiger partial charge is 0.260 e. The zero-order chi connectivity index (χ0) is 22.8. The summed E-state index contributed by atoms with van der Waals surface area (Å²) in [7, 11) is 0. The number of nitrogens with one attached hydrogen (secondary N) is 1. The van der Waals surface area contributed by atoms with Crippen molar-refractivity contribution in [3.05, 3.63) is 65.0 Å². The van der Waals surface area contributed by atoms with Gasteiger partial charge in [-0.25, -0.2) is 4.39 Å². The molecule has 170 valence electrons. The summed E-state index contributed by atoms with van der Waals surface area (Å²) in [5, 5.41) is 2.89. The number of ether oxygens (including phenoxy) is 1. The lowest BCUT2D eigenvalue weighted by atomic mass is 9.87. The average Bonchev–Trinajstić information content (AvgIpc) is 3.62. The molecule has 4 rings (SSSR count). The Morgan fingerprint density at radius 1 is 1.12 bits per heavy atom. The Kier molecular flexibility index (Phi) is 6.49. The molecule has 1 aliphatic carbocycles. The molecule has 1 fully saturated rings. The van der Waals surface area contributed by atoms with Crippen molar-refractivity contribution in [2.24, 2.45) is 11.8 Å². The van der Waals surface area contributed by atoms with Gasteiger partial charge < -0.3 is 15.0 Å². The molecule has 2 atom stereocenters. The van der Waals surface area contributed by atoms with Crippen molar-refractivity contribution in [2.75, 3.05) is 13.1 Å². The number of carbonyl (C=O) groups is 2. The normalized spacial score (nSPS) is 18.8. The first-order chi connectivity index (χ1) is 15.3. The van der Waals surface area contributed by atoms with E-state index in [9.17, 15) is 14.0 Å². The molecule has 1 aliphatic heterocycles. The predicted molar refractivity (Wildman–Crippen MR) is 121 cm³/mol. The van der Waals surface area contributed by atoms with Gasteiger partial charge in [-0.1, -0.05) is 32.0 Å². The van der Waals surface area contributed by atoms with E-state index < -0.39 is 6.10 Å². The number of nitrogens with zero attached hydrogens (tertiary/aromatic N) is 1. The Morgan fingerprint density at radius 3 is 2.50 bits per heavy atom. The second kappa shape index (κ2) is 9.31. The van der Waals surface area contributed by atoms with Gasteiger partial charge in [-0.2, -0.15) is 0 Å². The Morgan fingerprint density at radius 2 is 1.84 bits per heavy atom. The minimum absolute atomic E-state index is 0.101. The molecular weight excluding hydrogens is 407 g/mol. The molecule has 2 aromatic rings. The fourth-order valence-corrected chi connectivity index (χ4v) is 4.18.